The summed E-state index contributed by atoms with van der Waals surface area (Å²) in [7, 11) is 0. The molecule has 0 saturated heterocycles. The van der Waals surface area contributed by atoms with Gasteiger partial charge in [0.1, 0.15) is 0 Å². The van der Waals surface area contributed by atoms with Gasteiger partial charge >= 0.3 is 0 Å². The highest BCUT2D eigenvalue weighted by molar-refractivity contribution is 6.31. The Morgan fingerprint density at radius 1 is 1.47 bits per heavy atom. The van der Waals surface area contributed by atoms with E-state index in [1.807, 2.05) is 25.1 Å². The molecule has 1 fully saturated rings. The predicted molar refractivity (Wildman–Crippen MR) is 76.3 cm³/mol. The summed E-state index contributed by atoms with van der Waals surface area (Å²) >= 11 is 6.04. The van der Waals surface area contributed by atoms with Crippen LogP contribution in [0.2, 0.25) is 5.02 Å². The Bertz CT molecular complexity index is 469. The first-order chi connectivity index (χ1) is 8.98. The molecule has 0 aliphatic heterocycles. The summed E-state index contributed by atoms with van der Waals surface area (Å²) in [6.45, 7) is 2.33. The molecule has 4 heteroatoms. The molecule has 1 aromatic carbocycles. The third-order valence-corrected chi connectivity index (χ3v) is 4.18. The lowest BCUT2D eigenvalue weighted by Gasteiger charge is -2.36. The number of aryl methyl sites for hydroxylation is 2. The molecule has 0 bridgehead atoms. The van der Waals surface area contributed by atoms with Gasteiger partial charge in [-0.1, -0.05) is 23.7 Å². The topological polar surface area (TPSA) is 49.3 Å². The molecule has 0 aromatic heterocycles. The van der Waals surface area contributed by atoms with Crippen LogP contribution in [0, 0.1) is 6.92 Å². The smallest absolute Gasteiger partial charge is 0.220 e. The molecule has 2 N–H and O–H groups in total. The number of benzene rings is 1. The molecule has 1 saturated carbocycles. The SMILES string of the molecule is Cc1ccc(CCC(=O)NCC2(O)CCC2)cc1Cl. The first kappa shape index (κ1) is 14.4. The number of nitrogens with one attached hydrogen (secondary N) is 1. The van der Waals surface area contributed by atoms with E-state index in [1.165, 1.54) is 0 Å². The van der Waals surface area contributed by atoms with Gasteiger partial charge in [-0.15, -0.1) is 0 Å². The van der Waals surface area contributed by atoms with E-state index in [4.69, 9.17) is 11.6 Å². The third kappa shape index (κ3) is 3.95. The largest absolute Gasteiger partial charge is 0.388 e. The molecule has 0 unspecified atom stereocenters. The molecular weight excluding hydrogens is 262 g/mol. The lowest BCUT2D eigenvalue weighted by atomic mass is 9.80. The van der Waals surface area contributed by atoms with E-state index < -0.39 is 5.60 Å². The van der Waals surface area contributed by atoms with Crippen molar-refractivity contribution in [2.75, 3.05) is 6.54 Å². The number of carbonyl (C=O) groups is 1. The van der Waals surface area contributed by atoms with Gasteiger partial charge in [-0.25, -0.2) is 0 Å². The number of aliphatic hydroxyl groups is 1. The summed E-state index contributed by atoms with van der Waals surface area (Å²) < 4.78 is 0. The van der Waals surface area contributed by atoms with E-state index >= 15 is 0 Å². The Balaban J connectivity index is 1.75. The van der Waals surface area contributed by atoms with Gasteiger partial charge in [0.05, 0.1) is 5.60 Å². The first-order valence-electron chi connectivity index (χ1n) is 6.73. The summed E-state index contributed by atoms with van der Waals surface area (Å²) in [5.74, 6) is -0.0166. The Kier molecular flexibility index (Phi) is 4.48. The summed E-state index contributed by atoms with van der Waals surface area (Å²) in [4.78, 5) is 11.7. The van der Waals surface area contributed by atoms with E-state index in [1.54, 1.807) is 0 Å². The Morgan fingerprint density at radius 2 is 2.21 bits per heavy atom. The minimum absolute atomic E-state index is 0.0166. The number of hydrogen-bond acceptors (Lipinski definition) is 2. The number of carbonyl (C=O) groups excluding carboxylic acids is 1. The van der Waals surface area contributed by atoms with Crippen molar-refractivity contribution in [3.8, 4) is 0 Å². The lowest BCUT2D eigenvalue weighted by Crippen LogP contribution is -2.47. The minimum atomic E-state index is -0.650. The first-order valence-corrected chi connectivity index (χ1v) is 7.10. The molecule has 0 radical (unpaired) electrons. The molecule has 1 amide bonds. The van der Waals surface area contributed by atoms with Gasteiger partial charge in [0, 0.05) is 18.0 Å². The van der Waals surface area contributed by atoms with Crippen LogP contribution in [0.15, 0.2) is 18.2 Å². The Hall–Kier alpha value is -1.06. The summed E-state index contributed by atoms with van der Waals surface area (Å²) in [5.41, 5.74) is 1.46. The fourth-order valence-electron chi connectivity index (χ4n) is 2.16. The van der Waals surface area contributed by atoms with Crippen LogP contribution >= 0.6 is 11.6 Å². The standard InChI is InChI=1S/C15H20ClNO2/c1-11-3-4-12(9-13(11)16)5-6-14(18)17-10-15(19)7-2-8-15/h3-4,9,19H,2,5-8,10H2,1H3,(H,17,18). The number of rotatable bonds is 5. The van der Waals surface area contributed by atoms with Gasteiger partial charge in [-0.3, -0.25) is 4.79 Å². The molecule has 3 nitrogen and oxygen atoms in total. The van der Waals surface area contributed by atoms with Crippen molar-refractivity contribution in [2.45, 2.75) is 44.6 Å². The van der Waals surface area contributed by atoms with Crippen molar-refractivity contribution >= 4 is 17.5 Å². The van der Waals surface area contributed by atoms with Crippen LogP contribution in [0.5, 0.6) is 0 Å². The maximum Gasteiger partial charge on any atom is 0.220 e. The highest BCUT2D eigenvalue weighted by atomic mass is 35.5. The molecule has 1 aliphatic carbocycles. The molecule has 19 heavy (non-hydrogen) atoms. The molecule has 0 atom stereocenters. The molecule has 0 heterocycles. The van der Waals surface area contributed by atoms with Crippen LogP contribution in [-0.4, -0.2) is 23.2 Å². The van der Waals surface area contributed by atoms with E-state index in [-0.39, 0.29) is 5.91 Å². The second-order valence-corrected chi connectivity index (χ2v) is 5.85. The van der Waals surface area contributed by atoms with Crippen LogP contribution in [0.3, 0.4) is 0 Å². The van der Waals surface area contributed by atoms with Crippen molar-refractivity contribution < 1.29 is 9.90 Å². The van der Waals surface area contributed by atoms with E-state index in [2.05, 4.69) is 5.32 Å². The summed E-state index contributed by atoms with van der Waals surface area (Å²) in [6, 6.07) is 5.87. The average molecular weight is 282 g/mol. The molecule has 2 rings (SSSR count). The Morgan fingerprint density at radius 3 is 2.79 bits per heavy atom. The number of amides is 1. The third-order valence-electron chi connectivity index (χ3n) is 3.78. The quantitative estimate of drug-likeness (QED) is 0.872. The number of halogens is 1. The normalized spacial score (nSPS) is 16.8. The maximum atomic E-state index is 11.7. The van der Waals surface area contributed by atoms with Crippen LogP contribution in [0.25, 0.3) is 0 Å². The average Bonchev–Trinajstić information content (AvgIpc) is 2.35. The van der Waals surface area contributed by atoms with Gasteiger partial charge in [-0.2, -0.15) is 0 Å². The number of hydrogen-bond donors (Lipinski definition) is 2. The second kappa shape index (κ2) is 5.93. The zero-order chi connectivity index (χ0) is 13.9. The van der Waals surface area contributed by atoms with Crippen molar-refractivity contribution in [1.82, 2.24) is 5.32 Å². The molecule has 0 spiro atoms. The molecular formula is C15H20ClNO2. The zero-order valence-corrected chi connectivity index (χ0v) is 12.0. The lowest BCUT2D eigenvalue weighted by molar-refractivity contribution is -0.123. The fraction of sp³-hybridized carbons (Fsp3) is 0.533. The molecule has 104 valence electrons. The van der Waals surface area contributed by atoms with E-state index in [0.717, 1.165) is 35.4 Å². The highest BCUT2D eigenvalue weighted by Gasteiger charge is 2.34. The Labute approximate surface area is 119 Å². The zero-order valence-electron chi connectivity index (χ0n) is 11.2. The summed E-state index contributed by atoms with van der Waals surface area (Å²) in [6.07, 6.45) is 3.73. The van der Waals surface area contributed by atoms with Gasteiger partial charge < -0.3 is 10.4 Å². The monoisotopic (exact) mass is 281 g/mol. The van der Waals surface area contributed by atoms with Crippen molar-refractivity contribution in [1.29, 1.82) is 0 Å². The van der Waals surface area contributed by atoms with Crippen LogP contribution in [0.4, 0.5) is 0 Å². The van der Waals surface area contributed by atoms with Crippen molar-refractivity contribution in [3.63, 3.8) is 0 Å². The van der Waals surface area contributed by atoms with Gasteiger partial charge in [-0.05, 0) is 49.8 Å². The van der Waals surface area contributed by atoms with Crippen LogP contribution in [0.1, 0.15) is 36.8 Å². The maximum absolute atomic E-state index is 11.7. The second-order valence-electron chi connectivity index (χ2n) is 5.44. The van der Waals surface area contributed by atoms with Gasteiger partial charge in [0.15, 0.2) is 0 Å². The van der Waals surface area contributed by atoms with E-state index in [9.17, 15) is 9.90 Å². The summed E-state index contributed by atoms with van der Waals surface area (Å²) in [5, 5.41) is 13.4. The van der Waals surface area contributed by atoms with Crippen LogP contribution in [-0.2, 0) is 11.2 Å². The van der Waals surface area contributed by atoms with Crippen molar-refractivity contribution in [2.24, 2.45) is 0 Å². The van der Waals surface area contributed by atoms with Gasteiger partial charge in [0.25, 0.3) is 0 Å². The molecule has 1 aliphatic rings. The predicted octanol–water partition coefficient (Wildman–Crippen LogP) is 2.61. The fourth-order valence-corrected chi connectivity index (χ4v) is 2.37. The van der Waals surface area contributed by atoms with Crippen LogP contribution < -0.4 is 5.32 Å². The van der Waals surface area contributed by atoms with Crippen molar-refractivity contribution in [3.05, 3.63) is 34.3 Å². The minimum Gasteiger partial charge on any atom is -0.388 e. The highest BCUT2D eigenvalue weighted by Crippen LogP contribution is 2.30. The van der Waals surface area contributed by atoms with Gasteiger partial charge in [0.2, 0.25) is 5.91 Å². The molecule has 1 aromatic rings. The van der Waals surface area contributed by atoms with E-state index in [0.29, 0.717) is 19.4 Å².